The fraction of sp³-hybridized carbons (Fsp3) is 0.800. The van der Waals surface area contributed by atoms with Gasteiger partial charge in [-0.15, -0.1) is 0 Å². The highest BCUT2D eigenvalue weighted by molar-refractivity contribution is 5.84. The van der Waals surface area contributed by atoms with Crippen LogP contribution in [0.15, 0.2) is 0 Å². The molecule has 2 aliphatic rings. The molecule has 6 nitrogen and oxygen atoms in total. The molecule has 118 valence electrons. The molecule has 2 saturated carbocycles. The van der Waals surface area contributed by atoms with Gasteiger partial charge in [-0.2, -0.15) is 0 Å². The van der Waals surface area contributed by atoms with Gasteiger partial charge in [-0.3, -0.25) is 9.59 Å². The van der Waals surface area contributed by atoms with Gasteiger partial charge in [0.1, 0.15) is 6.04 Å². The molecule has 0 heterocycles. The van der Waals surface area contributed by atoms with Gasteiger partial charge in [-0.25, -0.2) is 4.79 Å². The van der Waals surface area contributed by atoms with Crippen LogP contribution in [0.2, 0.25) is 0 Å². The Morgan fingerprint density at radius 1 is 1.29 bits per heavy atom. The maximum Gasteiger partial charge on any atom is 0.326 e. The largest absolute Gasteiger partial charge is 0.480 e. The van der Waals surface area contributed by atoms with Gasteiger partial charge in [0.15, 0.2) is 0 Å². The highest BCUT2D eigenvalue weighted by Gasteiger charge is 2.40. The molecule has 0 radical (unpaired) electrons. The molecule has 1 amide bonds. The molecular weight excluding hydrogens is 274 g/mol. The summed E-state index contributed by atoms with van der Waals surface area (Å²) in [6.07, 6.45) is 5.25. The Labute approximate surface area is 124 Å². The quantitative estimate of drug-likeness (QED) is 0.692. The minimum atomic E-state index is -1.11. The van der Waals surface area contributed by atoms with Crippen molar-refractivity contribution in [1.29, 1.82) is 0 Å². The van der Waals surface area contributed by atoms with Crippen LogP contribution in [-0.2, 0) is 19.1 Å². The highest BCUT2D eigenvalue weighted by Crippen LogP contribution is 2.49. The number of carboxylic acids is 1. The van der Waals surface area contributed by atoms with Crippen LogP contribution in [0.3, 0.4) is 0 Å². The molecule has 0 saturated heterocycles. The number of esters is 1. The number of carbonyl (C=O) groups excluding carboxylic acids is 2. The Morgan fingerprint density at radius 3 is 2.57 bits per heavy atom. The third-order valence-electron chi connectivity index (χ3n) is 4.83. The van der Waals surface area contributed by atoms with E-state index in [1.807, 2.05) is 0 Å². The van der Waals surface area contributed by atoms with E-state index < -0.39 is 18.0 Å². The number of carbonyl (C=O) groups is 3. The molecule has 2 bridgehead atoms. The van der Waals surface area contributed by atoms with E-state index in [-0.39, 0.29) is 18.7 Å². The first kappa shape index (κ1) is 15.8. The van der Waals surface area contributed by atoms with Crippen LogP contribution in [0.25, 0.3) is 0 Å². The SMILES string of the molecule is COC(=O)CCC(NC(=O)CC1CC2CCC1C2)C(=O)O. The molecule has 0 spiro atoms. The number of fused-ring (bicyclic) bond motifs is 2. The zero-order chi connectivity index (χ0) is 15.4. The zero-order valence-corrected chi connectivity index (χ0v) is 12.3. The maximum absolute atomic E-state index is 12.0. The van der Waals surface area contributed by atoms with Crippen LogP contribution < -0.4 is 5.32 Å². The first-order valence-corrected chi connectivity index (χ1v) is 7.58. The van der Waals surface area contributed by atoms with Gasteiger partial charge in [-0.05, 0) is 43.4 Å². The van der Waals surface area contributed by atoms with E-state index in [9.17, 15) is 14.4 Å². The number of hydrogen-bond donors (Lipinski definition) is 2. The van der Waals surface area contributed by atoms with Crippen molar-refractivity contribution in [3.05, 3.63) is 0 Å². The number of hydrogen-bond acceptors (Lipinski definition) is 4. The van der Waals surface area contributed by atoms with Crippen molar-refractivity contribution in [2.75, 3.05) is 7.11 Å². The Kier molecular flexibility index (Phi) is 5.20. The molecule has 2 aliphatic carbocycles. The van der Waals surface area contributed by atoms with E-state index >= 15 is 0 Å². The molecule has 4 unspecified atom stereocenters. The summed E-state index contributed by atoms with van der Waals surface area (Å²) in [6.45, 7) is 0. The number of nitrogens with one attached hydrogen (secondary N) is 1. The Morgan fingerprint density at radius 2 is 2.05 bits per heavy atom. The molecule has 0 aliphatic heterocycles. The van der Waals surface area contributed by atoms with Gasteiger partial charge < -0.3 is 15.2 Å². The smallest absolute Gasteiger partial charge is 0.326 e. The van der Waals surface area contributed by atoms with Crippen molar-refractivity contribution in [3.8, 4) is 0 Å². The summed E-state index contributed by atoms with van der Waals surface area (Å²) >= 11 is 0. The van der Waals surface area contributed by atoms with E-state index in [0.29, 0.717) is 18.3 Å². The molecule has 2 rings (SSSR count). The third-order valence-corrected chi connectivity index (χ3v) is 4.83. The average Bonchev–Trinajstić information content (AvgIpc) is 3.05. The number of rotatable bonds is 7. The summed E-state index contributed by atoms with van der Waals surface area (Å²) < 4.78 is 4.48. The van der Waals surface area contributed by atoms with E-state index in [1.54, 1.807) is 0 Å². The standard InChI is InChI=1S/C15H23NO5/c1-21-14(18)5-4-12(15(19)20)16-13(17)8-11-7-9-2-3-10(11)6-9/h9-12H,2-8H2,1H3,(H,16,17)(H,19,20). The van der Waals surface area contributed by atoms with Gasteiger partial charge in [0.2, 0.25) is 5.91 Å². The van der Waals surface area contributed by atoms with Crippen LogP contribution in [0.1, 0.15) is 44.9 Å². The molecular formula is C15H23NO5. The monoisotopic (exact) mass is 297 g/mol. The Hall–Kier alpha value is -1.59. The van der Waals surface area contributed by atoms with Crippen LogP contribution in [0, 0.1) is 17.8 Å². The first-order valence-electron chi connectivity index (χ1n) is 7.58. The second kappa shape index (κ2) is 6.91. The fourth-order valence-corrected chi connectivity index (χ4v) is 3.74. The second-order valence-electron chi connectivity index (χ2n) is 6.21. The van der Waals surface area contributed by atoms with Crippen molar-refractivity contribution in [1.82, 2.24) is 5.32 Å². The minimum absolute atomic E-state index is 0.0120. The zero-order valence-electron chi connectivity index (χ0n) is 12.3. The van der Waals surface area contributed by atoms with E-state index in [4.69, 9.17) is 5.11 Å². The first-order chi connectivity index (χ1) is 9.99. The summed E-state index contributed by atoms with van der Waals surface area (Å²) in [5.74, 6) is 0.00825. The normalized spacial score (nSPS) is 28.1. The number of aliphatic carboxylic acids is 1. The molecule has 6 heteroatoms. The number of carboxylic acid groups (broad SMARTS) is 1. The topological polar surface area (TPSA) is 92.7 Å². The lowest BCUT2D eigenvalue weighted by Crippen LogP contribution is -2.42. The van der Waals surface area contributed by atoms with Crippen molar-refractivity contribution in [3.63, 3.8) is 0 Å². The van der Waals surface area contributed by atoms with Gasteiger partial charge in [0.05, 0.1) is 7.11 Å². The predicted octanol–water partition coefficient (Wildman–Crippen LogP) is 1.34. The summed E-state index contributed by atoms with van der Waals surface area (Å²) in [5.41, 5.74) is 0. The molecule has 2 N–H and O–H groups in total. The van der Waals surface area contributed by atoms with Crippen molar-refractivity contribution in [2.45, 2.75) is 51.0 Å². The van der Waals surface area contributed by atoms with Crippen molar-refractivity contribution < 1.29 is 24.2 Å². The lowest BCUT2D eigenvalue weighted by atomic mass is 9.86. The van der Waals surface area contributed by atoms with Crippen LogP contribution >= 0.6 is 0 Å². The predicted molar refractivity (Wildman–Crippen MR) is 74.4 cm³/mol. The van der Waals surface area contributed by atoms with Gasteiger partial charge in [-0.1, -0.05) is 6.42 Å². The maximum atomic E-state index is 12.0. The molecule has 0 aromatic carbocycles. The van der Waals surface area contributed by atoms with Crippen LogP contribution in [-0.4, -0.2) is 36.1 Å². The summed E-state index contributed by atoms with van der Waals surface area (Å²) in [6, 6.07) is -1.02. The molecule has 4 atom stereocenters. The average molecular weight is 297 g/mol. The van der Waals surface area contributed by atoms with Crippen LogP contribution in [0.4, 0.5) is 0 Å². The second-order valence-corrected chi connectivity index (χ2v) is 6.21. The van der Waals surface area contributed by atoms with E-state index in [2.05, 4.69) is 10.1 Å². The van der Waals surface area contributed by atoms with Gasteiger partial charge >= 0.3 is 11.9 Å². The van der Waals surface area contributed by atoms with Gasteiger partial charge in [0.25, 0.3) is 0 Å². The van der Waals surface area contributed by atoms with E-state index in [1.165, 1.54) is 26.4 Å². The van der Waals surface area contributed by atoms with Crippen molar-refractivity contribution >= 4 is 17.8 Å². The number of methoxy groups -OCH3 is 1. The number of ether oxygens (including phenoxy) is 1. The number of amides is 1. The molecule has 0 aromatic rings. The van der Waals surface area contributed by atoms with E-state index in [0.717, 1.165) is 12.3 Å². The Balaban J connectivity index is 1.78. The van der Waals surface area contributed by atoms with Crippen molar-refractivity contribution in [2.24, 2.45) is 17.8 Å². The summed E-state index contributed by atoms with van der Waals surface area (Å²) in [7, 11) is 1.26. The highest BCUT2D eigenvalue weighted by atomic mass is 16.5. The van der Waals surface area contributed by atoms with Crippen LogP contribution in [0.5, 0.6) is 0 Å². The summed E-state index contributed by atoms with van der Waals surface area (Å²) in [4.78, 5) is 34.2. The Bertz CT molecular complexity index is 422. The van der Waals surface area contributed by atoms with Gasteiger partial charge in [0, 0.05) is 12.8 Å². The third kappa shape index (κ3) is 4.19. The molecule has 21 heavy (non-hydrogen) atoms. The minimum Gasteiger partial charge on any atom is -0.480 e. The summed E-state index contributed by atoms with van der Waals surface area (Å²) in [5, 5.41) is 11.6. The lowest BCUT2D eigenvalue weighted by molar-refractivity contribution is -0.144. The fourth-order valence-electron chi connectivity index (χ4n) is 3.74. The lowest BCUT2D eigenvalue weighted by Gasteiger charge is -2.22. The molecule has 2 fully saturated rings. The molecule has 0 aromatic heterocycles.